The largest absolute Gasteiger partial charge is 0.466 e. The second kappa shape index (κ2) is 4.33. The SMILES string of the molecule is Cc1cc(C(=O)c2c(F)cc(F)cc2F)c(C)o1. The van der Waals surface area contributed by atoms with Crippen molar-refractivity contribution in [2.45, 2.75) is 13.8 Å². The summed E-state index contributed by atoms with van der Waals surface area (Å²) in [5, 5.41) is 0. The van der Waals surface area contributed by atoms with Gasteiger partial charge in [0.15, 0.2) is 0 Å². The summed E-state index contributed by atoms with van der Waals surface area (Å²) in [4.78, 5) is 12.0. The number of benzene rings is 1. The van der Waals surface area contributed by atoms with Crippen LogP contribution in [-0.2, 0) is 0 Å². The molecule has 0 N–H and O–H groups in total. The maximum Gasteiger partial charge on any atom is 0.202 e. The van der Waals surface area contributed by atoms with Gasteiger partial charge in [-0.25, -0.2) is 13.2 Å². The molecule has 18 heavy (non-hydrogen) atoms. The quantitative estimate of drug-likeness (QED) is 0.767. The third kappa shape index (κ3) is 2.03. The van der Waals surface area contributed by atoms with E-state index in [0.717, 1.165) is 0 Å². The molecule has 0 saturated heterocycles. The first-order chi connectivity index (χ1) is 8.40. The molecule has 0 unspecified atom stereocenters. The molecule has 0 saturated carbocycles. The zero-order valence-electron chi connectivity index (χ0n) is 9.68. The van der Waals surface area contributed by atoms with Gasteiger partial charge in [-0.15, -0.1) is 0 Å². The fourth-order valence-electron chi connectivity index (χ4n) is 1.75. The first-order valence-electron chi connectivity index (χ1n) is 5.16. The fourth-order valence-corrected chi connectivity index (χ4v) is 1.75. The number of rotatable bonds is 2. The molecule has 0 atom stereocenters. The highest BCUT2D eigenvalue weighted by atomic mass is 19.1. The van der Waals surface area contributed by atoms with Crippen LogP contribution in [0.3, 0.4) is 0 Å². The summed E-state index contributed by atoms with van der Waals surface area (Å²) in [5.74, 6) is -3.66. The van der Waals surface area contributed by atoms with Gasteiger partial charge in [0.2, 0.25) is 5.78 Å². The number of aryl methyl sites for hydroxylation is 2. The Bertz CT molecular complexity index is 606. The zero-order valence-corrected chi connectivity index (χ0v) is 9.68. The van der Waals surface area contributed by atoms with E-state index in [9.17, 15) is 18.0 Å². The van der Waals surface area contributed by atoms with E-state index < -0.39 is 28.8 Å². The highest BCUT2D eigenvalue weighted by Crippen LogP contribution is 2.22. The van der Waals surface area contributed by atoms with E-state index in [1.807, 2.05) is 0 Å². The van der Waals surface area contributed by atoms with Crippen LogP contribution in [0, 0.1) is 31.3 Å². The first-order valence-corrected chi connectivity index (χ1v) is 5.16. The average Bonchev–Trinajstić information content (AvgIpc) is 2.56. The molecule has 0 amide bonds. The van der Waals surface area contributed by atoms with Crippen molar-refractivity contribution in [3.05, 3.63) is 58.3 Å². The van der Waals surface area contributed by atoms with Crippen molar-refractivity contribution in [2.24, 2.45) is 0 Å². The molecule has 0 spiro atoms. The summed E-state index contributed by atoms with van der Waals surface area (Å²) < 4.78 is 44.8. The van der Waals surface area contributed by atoms with Crippen molar-refractivity contribution in [2.75, 3.05) is 0 Å². The molecule has 1 aromatic heterocycles. The minimum Gasteiger partial charge on any atom is -0.466 e. The van der Waals surface area contributed by atoms with Crippen molar-refractivity contribution >= 4 is 5.78 Å². The maximum absolute atomic E-state index is 13.5. The van der Waals surface area contributed by atoms with E-state index in [1.165, 1.54) is 13.0 Å². The molecule has 2 nitrogen and oxygen atoms in total. The highest BCUT2D eigenvalue weighted by molar-refractivity contribution is 6.10. The molecule has 2 aromatic rings. The number of hydrogen-bond acceptors (Lipinski definition) is 2. The summed E-state index contributed by atoms with van der Waals surface area (Å²) in [6.07, 6.45) is 0. The lowest BCUT2D eigenvalue weighted by atomic mass is 10.0. The van der Waals surface area contributed by atoms with Gasteiger partial charge >= 0.3 is 0 Å². The van der Waals surface area contributed by atoms with Crippen molar-refractivity contribution < 1.29 is 22.4 Å². The third-order valence-electron chi connectivity index (χ3n) is 2.52. The summed E-state index contributed by atoms with van der Waals surface area (Å²) in [7, 11) is 0. The Morgan fingerprint density at radius 2 is 1.61 bits per heavy atom. The van der Waals surface area contributed by atoms with Crippen LogP contribution in [0.1, 0.15) is 27.4 Å². The predicted molar refractivity (Wildman–Crippen MR) is 57.9 cm³/mol. The van der Waals surface area contributed by atoms with Crippen molar-refractivity contribution in [1.82, 2.24) is 0 Å². The lowest BCUT2D eigenvalue weighted by Crippen LogP contribution is -2.08. The molecule has 2 rings (SSSR count). The number of furan rings is 1. The van der Waals surface area contributed by atoms with Gasteiger partial charge in [0.25, 0.3) is 0 Å². The van der Waals surface area contributed by atoms with E-state index >= 15 is 0 Å². The second-order valence-corrected chi connectivity index (χ2v) is 3.90. The van der Waals surface area contributed by atoms with Gasteiger partial charge in [-0.2, -0.15) is 0 Å². The smallest absolute Gasteiger partial charge is 0.202 e. The van der Waals surface area contributed by atoms with Crippen LogP contribution in [0.25, 0.3) is 0 Å². The van der Waals surface area contributed by atoms with Gasteiger partial charge in [-0.1, -0.05) is 0 Å². The second-order valence-electron chi connectivity index (χ2n) is 3.90. The monoisotopic (exact) mass is 254 g/mol. The molecule has 5 heteroatoms. The molecule has 0 aliphatic carbocycles. The molecular formula is C13H9F3O2. The summed E-state index contributed by atoms with van der Waals surface area (Å²) in [6.45, 7) is 3.13. The average molecular weight is 254 g/mol. The molecule has 0 aliphatic rings. The van der Waals surface area contributed by atoms with Crippen molar-refractivity contribution in [3.8, 4) is 0 Å². The molecule has 0 bridgehead atoms. The Morgan fingerprint density at radius 1 is 1.06 bits per heavy atom. The van der Waals surface area contributed by atoms with Crippen LogP contribution >= 0.6 is 0 Å². The van der Waals surface area contributed by atoms with Crippen LogP contribution in [0.2, 0.25) is 0 Å². The number of ketones is 1. The number of carbonyl (C=O) groups is 1. The molecule has 1 heterocycles. The summed E-state index contributed by atoms with van der Waals surface area (Å²) in [6, 6.07) is 2.33. The lowest BCUT2D eigenvalue weighted by molar-refractivity contribution is 0.102. The maximum atomic E-state index is 13.5. The van der Waals surface area contributed by atoms with Crippen molar-refractivity contribution in [1.29, 1.82) is 0 Å². The Kier molecular flexibility index (Phi) is 2.98. The normalized spacial score (nSPS) is 10.7. The molecule has 94 valence electrons. The summed E-state index contributed by atoms with van der Waals surface area (Å²) in [5.41, 5.74) is -0.711. The molecule has 0 fully saturated rings. The minimum absolute atomic E-state index is 0.0666. The number of carbonyl (C=O) groups excluding carboxylic acids is 1. The molecule has 1 aromatic carbocycles. The van der Waals surface area contributed by atoms with E-state index in [-0.39, 0.29) is 11.3 Å². The number of hydrogen-bond donors (Lipinski definition) is 0. The standard InChI is InChI=1S/C13H9F3O2/c1-6-3-9(7(2)18-6)13(17)12-10(15)4-8(14)5-11(12)16/h3-5H,1-2H3. The molecule has 0 radical (unpaired) electrons. The molecular weight excluding hydrogens is 245 g/mol. The Balaban J connectivity index is 2.56. The van der Waals surface area contributed by atoms with E-state index in [2.05, 4.69) is 0 Å². The predicted octanol–water partition coefficient (Wildman–Crippen LogP) is 3.54. The van der Waals surface area contributed by atoms with E-state index in [4.69, 9.17) is 4.42 Å². The third-order valence-corrected chi connectivity index (χ3v) is 2.52. The van der Waals surface area contributed by atoms with Gasteiger partial charge in [-0.05, 0) is 19.9 Å². The highest BCUT2D eigenvalue weighted by Gasteiger charge is 2.23. The Hall–Kier alpha value is -2.04. The van der Waals surface area contributed by atoms with Crippen LogP contribution in [0.5, 0.6) is 0 Å². The minimum atomic E-state index is -1.23. The van der Waals surface area contributed by atoms with Gasteiger partial charge in [0.1, 0.15) is 29.0 Å². The fraction of sp³-hybridized carbons (Fsp3) is 0.154. The van der Waals surface area contributed by atoms with Gasteiger partial charge in [0.05, 0.1) is 11.1 Å². The van der Waals surface area contributed by atoms with Gasteiger partial charge in [0, 0.05) is 12.1 Å². The zero-order chi connectivity index (χ0) is 13.4. The van der Waals surface area contributed by atoms with Crippen molar-refractivity contribution in [3.63, 3.8) is 0 Å². The van der Waals surface area contributed by atoms with Gasteiger partial charge in [-0.3, -0.25) is 4.79 Å². The lowest BCUT2D eigenvalue weighted by Gasteiger charge is -2.03. The topological polar surface area (TPSA) is 30.2 Å². The van der Waals surface area contributed by atoms with Crippen LogP contribution in [0.4, 0.5) is 13.2 Å². The number of halogens is 3. The van der Waals surface area contributed by atoms with Crippen LogP contribution in [0.15, 0.2) is 22.6 Å². The first kappa shape index (κ1) is 12.4. The summed E-state index contributed by atoms with van der Waals surface area (Å²) >= 11 is 0. The Morgan fingerprint density at radius 3 is 2.06 bits per heavy atom. The van der Waals surface area contributed by atoms with Crippen LogP contribution < -0.4 is 0 Å². The molecule has 0 aliphatic heterocycles. The van der Waals surface area contributed by atoms with E-state index in [0.29, 0.717) is 17.9 Å². The van der Waals surface area contributed by atoms with E-state index in [1.54, 1.807) is 6.92 Å². The van der Waals surface area contributed by atoms with Crippen LogP contribution in [-0.4, -0.2) is 5.78 Å². The van der Waals surface area contributed by atoms with Gasteiger partial charge < -0.3 is 4.42 Å². The Labute approximate surface area is 101 Å².